The van der Waals surface area contributed by atoms with Gasteiger partial charge in [0.2, 0.25) is 0 Å². The van der Waals surface area contributed by atoms with Crippen molar-refractivity contribution < 1.29 is 4.74 Å². The molecule has 0 N–H and O–H groups in total. The molecule has 0 saturated heterocycles. The minimum absolute atomic E-state index is 0.219. The van der Waals surface area contributed by atoms with E-state index < -0.39 is 0 Å². The molecule has 15 heavy (non-hydrogen) atoms. The second-order valence-corrected chi connectivity index (χ2v) is 4.15. The summed E-state index contributed by atoms with van der Waals surface area (Å²) in [6.07, 6.45) is 0.219. The van der Waals surface area contributed by atoms with Crippen molar-refractivity contribution in [3.8, 4) is 5.75 Å². The quantitative estimate of drug-likeness (QED) is 0.717. The molecule has 84 valence electrons. The first-order valence-corrected chi connectivity index (χ1v) is 5.70. The predicted octanol–water partition coefficient (Wildman–Crippen LogP) is 3.15. The molecule has 0 fully saturated rings. The molecule has 1 aromatic rings. The highest BCUT2D eigenvalue weighted by Gasteiger charge is 2.01. The van der Waals surface area contributed by atoms with Gasteiger partial charge in [0.1, 0.15) is 5.75 Å². The number of rotatable bonds is 5. The van der Waals surface area contributed by atoms with Crippen molar-refractivity contribution in [2.75, 3.05) is 24.4 Å². The van der Waals surface area contributed by atoms with Crippen LogP contribution < -0.4 is 9.64 Å². The minimum atomic E-state index is 0.219. The van der Waals surface area contributed by atoms with Crippen LogP contribution in [0.1, 0.15) is 13.8 Å². The first-order chi connectivity index (χ1) is 7.13. The maximum atomic E-state index is 5.68. The lowest BCUT2D eigenvalue weighted by molar-refractivity contribution is 0.242. The first-order valence-electron chi connectivity index (χ1n) is 5.17. The van der Waals surface area contributed by atoms with Crippen LogP contribution >= 0.6 is 11.6 Å². The molecule has 2 nitrogen and oxygen atoms in total. The Morgan fingerprint density at radius 2 is 1.87 bits per heavy atom. The van der Waals surface area contributed by atoms with Crippen molar-refractivity contribution in [2.24, 2.45) is 0 Å². The Labute approximate surface area is 96.8 Å². The van der Waals surface area contributed by atoms with Crippen molar-refractivity contribution in [2.45, 2.75) is 20.0 Å². The van der Waals surface area contributed by atoms with Crippen molar-refractivity contribution in [1.29, 1.82) is 0 Å². The number of nitrogens with zero attached hydrogens (tertiary/aromatic N) is 1. The third-order valence-electron chi connectivity index (χ3n) is 2.07. The minimum Gasteiger partial charge on any atom is -0.491 e. The topological polar surface area (TPSA) is 12.5 Å². The lowest BCUT2D eigenvalue weighted by Gasteiger charge is -2.18. The molecule has 0 saturated carbocycles. The molecule has 0 atom stereocenters. The maximum absolute atomic E-state index is 5.68. The highest BCUT2D eigenvalue weighted by molar-refractivity contribution is 6.18. The normalized spacial score (nSPS) is 10.5. The van der Waals surface area contributed by atoms with Crippen LogP contribution in [0.4, 0.5) is 5.69 Å². The van der Waals surface area contributed by atoms with Gasteiger partial charge >= 0.3 is 0 Å². The van der Waals surface area contributed by atoms with Gasteiger partial charge in [0.25, 0.3) is 0 Å². The van der Waals surface area contributed by atoms with Crippen LogP contribution in [0.25, 0.3) is 0 Å². The Morgan fingerprint density at radius 1 is 1.27 bits per heavy atom. The van der Waals surface area contributed by atoms with Crippen LogP contribution in [0.5, 0.6) is 5.75 Å². The zero-order valence-corrected chi connectivity index (χ0v) is 10.3. The summed E-state index contributed by atoms with van der Waals surface area (Å²) < 4.78 is 5.56. The van der Waals surface area contributed by atoms with E-state index in [1.165, 1.54) is 0 Å². The third kappa shape index (κ3) is 4.00. The van der Waals surface area contributed by atoms with Crippen LogP contribution in [0.15, 0.2) is 24.3 Å². The van der Waals surface area contributed by atoms with Gasteiger partial charge in [-0.15, -0.1) is 11.6 Å². The molecule has 0 bridgehead atoms. The molecule has 0 unspecified atom stereocenters. The summed E-state index contributed by atoms with van der Waals surface area (Å²) in [5, 5.41) is 0. The molecule has 0 aromatic heterocycles. The second kappa shape index (κ2) is 5.86. The van der Waals surface area contributed by atoms with Crippen LogP contribution in [0, 0.1) is 0 Å². The molecular weight excluding hydrogens is 210 g/mol. The number of benzene rings is 1. The number of hydrogen-bond donors (Lipinski definition) is 0. The molecule has 1 rings (SSSR count). The Bertz CT molecular complexity index is 284. The number of hydrogen-bond acceptors (Lipinski definition) is 2. The van der Waals surface area contributed by atoms with Gasteiger partial charge in [-0.3, -0.25) is 0 Å². The molecule has 0 radical (unpaired) electrons. The summed E-state index contributed by atoms with van der Waals surface area (Å²) in [6.45, 7) is 4.90. The molecule has 0 spiro atoms. The van der Waals surface area contributed by atoms with Crippen molar-refractivity contribution >= 4 is 17.3 Å². The Balaban J connectivity index is 2.63. The Kier molecular flexibility index (Phi) is 4.76. The van der Waals surface area contributed by atoms with Crippen LogP contribution in [0.2, 0.25) is 0 Å². The lowest BCUT2D eigenvalue weighted by Crippen LogP contribution is -2.19. The Hall–Kier alpha value is -0.890. The van der Waals surface area contributed by atoms with Gasteiger partial charge in [-0.2, -0.15) is 0 Å². The monoisotopic (exact) mass is 227 g/mol. The summed E-state index contributed by atoms with van der Waals surface area (Å²) in [5.41, 5.74) is 1.16. The molecular formula is C12H18ClNO. The van der Waals surface area contributed by atoms with E-state index in [1.54, 1.807) is 0 Å². The van der Waals surface area contributed by atoms with Crippen molar-refractivity contribution in [3.05, 3.63) is 24.3 Å². The first kappa shape index (κ1) is 12.2. The summed E-state index contributed by atoms with van der Waals surface area (Å²) in [6, 6.07) is 8.06. The molecule has 1 aromatic carbocycles. The Morgan fingerprint density at radius 3 is 2.33 bits per heavy atom. The van der Waals surface area contributed by atoms with E-state index in [0.29, 0.717) is 5.88 Å². The van der Waals surface area contributed by atoms with Gasteiger partial charge in [0.05, 0.1) is 6.10 Å². The van der Waals surface area contributed by atoms with E-state index >= 15 is 0 Å². The summed E-state index contributed by atoms with van der Waals surface area (Å²) in [7, 11) is 2.03. The SMILES string of the molecule is CC(C)Oc1ccc(N(C)CCCl)cc1. The zero-order valence-electron chi connectivity index (χ0n) is 9.53. The van der Waals surface area contributed by atoms with E-state index in [1.807, 2.05) is 45.2 Å². The molecule has 0 heterocycles. The number of ether oxygens (including phenoxy) is 1. The smallest absolute Gasteiger partial charge is 0.119 e. The van der Waals surface area contributed by atoms with Gasteiger partial charge in [0.15, 0.2) is 0 Å². The zero-order chi connectivity index (χ0) is 11.3. The van der Waals surface area contributed by atoms with Crippen molar-refractivity contribution in [3.63, 3.8) is 0 Å². The van der Waals surface area contributed by atoms with Crippen molar-refractivity contribution in [1.82, 2.24) is 0 Å². The van der Waals surface area contributed by atoms with E-state index in [-0.39, 0.29) is 6.10 Å². The average Bonchev–Trinajstić information content (AvgIpc) is 2.18. The van der Waals surface area contributed by atoms with E-state index in [4.69, 9.17) is 16.3 Å². The number of anilines is 1. The fraction of sp³-hybridized carbons (Fsp3) is 0.500. The van der Waals surface area contributed by atoms with Crippen LogP contribution in [-0.2, 0) is 0 Å². The third-order valence-corrected chi connectivity index (χ3v) is 2.24. The van der Waals surface area contributed by atoms with Gasteiger partial charge in [-0.1, -0.05) is 0 Å². The molecule has 0 aliphatic rings. The van der Waals surface area contributed by atoms with Gasteiger partial charge in [-0.05, 0) is 38.1 Å². The maximum Gasteiger partial charge on any atom is 0.119 e. The second-order valence-electron chi connectivity index (χ2n) is 3.77. The van der Waals surface area contributed by atoms with E-state index in [2.05, 4.69) is 4.90 Å². The highest BCUT2D eigenvalue weighted by atomic mass is 35.5. The summed E-state index contributed by atoms with van der Waals surface area (Å²) >= 11 is 5.68. The van der Waals surface area contributed by atoms with Gasteiger partial charge < -0.3 is 9.64 Å². The number of alkyl halides is 1. The van der Waals surface area contributed by atoms with Crippen LogP contribution in [0.3, 0.4) is 0 Å². The fourth-order valence-corrected chi connectivity index (χ4v) is 1.56. The molecule has 3 heteroatoms. The largest absolute Gasteiger partial charge is 0.491 e. The summed E-state index contributed by atoms with van der Waals surface area (Å²) in [4.78, 5) is 2.12. The predicted molar refractivity (Wildman–Crippen MR) is 66.2 cm³/mol. The van der Waals surface area contributed by atoms with E-state index in [0.717, 1.165) is 18.0 Å². The molecule has 0 aliphatic carbocycles. The standard InChI is InChI=1S/C12H18ClNO/c1-10(2)15-12-6-4-11(5-7-12)14(3)9-8-13/h4-7,10H,8-9H2,1-3H3. The lowest BCUT2D eigenvalue weighted by atomic mass is 10.3. The van der Waals surface area contributed by atoms with Gasteiger partial charge in [0, 0.05) is 25.2 Å². The van der Waals surface area contributed by atoms with E-state index in [9.17, 15) is 0 Å². The summed E-state index contributed by atoms with van der Waals surface area (Å²) in [5.74, 6) is 1.55. The number of halogens is 1. The van der Waals surface area contributed by atoms with Crippen LogP contribution in [-0.4, -0.2) is 25.6 Å². The highest BCUT2D eigenvalue weighted by Crippen LogP contribution is 2.19. The average molecular weight is 228 g/mol. The molecule has 0 aliphatic heterocycles. The molecule has 0 amide bonds. The van der Waals surface area contributed by atoms with Gasteiger partial charge in [-0.25, -0.2) is 0 Å². The fourth-order valence-electron chi connectivity index (χ4n) is 1.31.